The molecule has 0 saturated heterocycles. The third-order valence-electron chi connectivity index (χ3n) is 5.47. The molecule has 0 radical (unpaired) electrons. The number of hydrogen-bond acceptors (Lipinski definition) is 4. The molecule has 0 bridgehead atoms. The largest absolute Gasteiger partial charge is 0.381 e. The molecule has 33 heavy (non-hydrogen) atoms. The summed E-state index contributed by atoms with van der Waals surface area (Å²) < 4.78 is 1.39. The average Bonchev–Trinajstić information content (AvgIpc) is 3.32. The van der Waals surface area contributed by atoms with Gasteiger partial charge in [0.25, 0.3) is 0 Å². The summed E-state index contributed by atoms with van der Waals surface area (Å²) >= 11 is 6.00. The zero-order valence-corrected chi connectivity index (χ0v) is 17.9. The van der Waals surface area contributed by atoms with Gasteiger partial charge >= 0.3 is 5.82 Å². The highest BCUT2D eigenvalue weighted by Gasteiger charge is 2.20. The van der Waals surface area contributed by atoms with Crippen LogP contribution >= 0.6 is 11.6 Å². The first-order valence-corrected chi connectivity index (χ1v) is 10.5. The number of carbonyl (C=O) groups excluding carboxylic acids is 1. The average molecular weight is 454 g/mol. The van der Waals surface area contributed by atoms with Crippen LogP contribution in [0.1, 0.15) is 15.9 Å². The lowest BCUT2D eigenvalue weighted by atomic mass is 9.95. The summed E-state index contributed by atoms with van der Waals surface area (Å²) in [5.41, 5.74) is 1.49. The van der Waals surface area contributed by atoms with Crippen molar-refractivity contribution in [2.45, 2.75) is 0 Å². The number of halogens is 1. The Morgan fingerprint density at radius 3 is 2.12 bits per heavy atom. The highest BCUT2D eigenvalue weighted by Crippen LogP contribution is 2.32. The van der Waals surface area contributed by atoms with E-state index < -0.39 is 4.92 Å². The minimum Gasteiger partial charge on any atom is -0.358 e. The van der Waals surface area contributed by atoms with E-state index in [9.17, 15) is 14.9 Å². The van der Waals surface area contributed by atoms with Crippen LogP contribution in [0.15, 0.2) is 91.4 Å². The zero-order chi connectivity index (χ0) is 22.9. The molecule has 7 heteroatoms. The van der Waals surface area contributed by atoms with Crippen molar-refractivity contribution in [2.75, 3.05) is 0 Å². The second-order valence-electron chi connectivity index (χ2n) is 7.49. The Kier molecular flexibility index (Phi) is 5.20. The maximum Gasteiger partial charge on any atom is 0.381 e. The maximum absolute atomic E-state index is 13.6. The molecule has 5 aromatic rings. The smallest absolute Gasteiger partial charge is 0.358 e. The summed E-state index contributed by atoms with van der Waals surface area (Å²) in [5, 5.41) is 15.7. The van der Waals surface area contributed by atoms with E-state index in [0.29, 0.717) is 10.6 Å². The Hall–Kier alpha value is -4.29. The number of aromatic nitrogens is 2. The molecule has 160 valence electrons. The van der Waals surface area contributed by atoms with Crippen LogP contribution in [0, 0.1) is 10.1 Å². The van der Waals surface area contributed by atoms with Crippen LogP contribution in [0.25, 0.3) is 33.3 Å². The van der Waals surface area contributed by atoms with Gasteiger partial charge in [-0.3, -0.25) is 9.36 Å². The molecule has 0 aliphatic rings. The van der Waals surface area contributed by atoms with E-state index in [2.05, 4.69) is 11.1 Å². The van der Waals surface area contributed by atoms with Crippen molar-refractivity contribution in [3.63, 3.8) is 0 Å². The predicted octanol–water partition coefficient (Wildman–Crippen LogP) is 6.63. The third kappa shape index (κ3) is 3.88. The Balaban J connectivity index is 1.80. The number of fused-ring (bicyclic) bond motifs is 2. The molecule has 0 aliphatic heterocycles. The lowest BCUT2D eigenvalue weighted by molar-refractivity contribution is -0.389. The van der Waals surface area contributed by atoms with Crippen molar-refractivity contribution in [3.8, 4) is 0 Å². The summed E-state index contributed by atoms with van der Waals surface area (Å²) in [6.07, 6.45) is 4.30. The van der Waals surface area contributed by atoms with Crippen LogP contribution in [0.4, 0.5) is 5.82 Å². The van der Waals surface area contributed by atoms with Crippen molar-refractivity contribution in [2.24, 2.45) is 0 Å². The van der Waals surface area contributed by atoms with Crippen LogP contribution in [-0.2, 0) is 0 Å². The van der Waals surface area contributed by atoms with Gasteiger partial charge in [-0.1, -0.05) is 60.1 Å². The molecular weight excluding hydrogens is 438 g/mol. The van der Waals surface area contributed by atoms with Crippen molar-refractivity contribution < 1.29 is 9.72 Å². The van der Waals surface area contributed by atoms with Crippen LogP contribution in [0.5, 0.6) is 0 Å². The fourth-order valence-corrected chi connectivity index (χ4v) is 4.01. The molecule has 0 saturated carbocycles. The lowest BCUT2D eigenvalue weighted by Gasteiger charge is -2.12. The number of rotatable bonds is 5. The SMILES string of the molecule is O=C(/C(=C/c1c2ccccc2cc2ccccc12)n1cnc([N+](=O)[O-])c1)c1ccc(Cl)cc1. The van der Waals surface area contributed by atoms with Gasteiger partial charge in [-0.05, 0) is 73.4 Å². The highest BCUT2D eigenvalue weighted by molar-refractivity contribution is 6.32. The van der Waals surface area contributed by atoms with Crippen molar-refractivity contribution in [3.05, 3.63) is 118 Å². The molecule has 0 atom stereocenters. The molecule has 0 unspecified atom stereocenters. The van der Waals surface area contributed by atoms with E-state index in [-0.39, 0.29) is 17.3 Å². The molecule has 0 aliphatic carbocycles. The highest BCUT2D eigenvalue weighted by atomic mass is 35.5. The zero-order valence-electron chi connectivity index (χ0n) is 17.2. The number of nitrogens with zero attached hydrogens (tertiary/aromatic N) is 3. The fourth-order valence-electron chi connectivity index (χ4n) is 3.89. The van der Waals surface area contributed by atoms with Gasteiger partial charge in [0.05, 0.1) is 5.70 Å². The van der Waals surface area contributed by atoms with Gasteiger partial charge in [0.1, 0.15) is 6.20 Å². The molecule has 0 amide bonds. The van der Waals surface area contributed by atoms with E-state index in [1.54, 1.807) is 30.3 Å². The van der Waals surface area contributed by atoms with Gasteiger partial charge in [-0.15, -0.1) is 0 Å². The molecule has 0 fully saturated rings. The Morgan fingerprint density at radius 1 is 0.939 bits per heavy atom. The predicted molar refractivity (Wildman–Crippen MR) is 130 cm³/mol. The van der Waals surface area contributed by atoms with Gasteiger partial charge in [0.2, 0.25) is 12.1 Å². The van der Waals surface area contributed by atoms with Gasteiger partial charge in [-0.25, -0.2) is 0 Å². The summed E-state index contributed by atoms with van der Waals surface area (Å²) in [5.74, 6) is -0.649. The van der Waals surface area contributed by atoms with E-state index in [1.165, 1.54) is 17.1 Å². The van der Waals surface area contributed by atoms with Crippen molar-refractivity contribution in [1.82, 2.24) is 9.55 Å². The molecule has 6 nitrogen and oxygen atoms in total. The summed E-state index contributed by atoms with van der Waals surface area (Å²) in [4.78, 5) is 28.1. The van der Waals surface area contributed by atoms with Gasteiger partial charge in [-0.2, -0.15) is 0 Å². The minimum atomic E-state index is -0.589. The topological polar surface area (TPSA) is 78.0 Å². The Labute approximate surface area is 193 Å². The van der Waals surface area contributed by atoms with E-state index in [0.717, 1.165) is 27.1 Å². The summed E-state index contributed by atoms with van der Waals surface area (Å²) in [6.45, 7) is 0. The Bertz CT molecular complexity index is 1520. The monoisotopic (exact) mass is 453 g/mol. The van der Waals surface area contributed by atoms with Crippen molar-refractivity contribution in [1.29, 1.82) is 0 Å². The summed E-state index contributed by atoms with van der Waals surface area (Å²) in [6, 6.07) is 24.5. The lowest BCUT2D eigenvalue weighted by Crippen LogP contribution is -2.08. The van der Waals surface area contributed by atoms with E-state index in [4.69, 9.17) is 11.6 Å². The molecule has 0 spiro atoms. The Morgan fingerprint density at radius 2 is 1.55 bits per heavy atom. The normalized spacial score (nSPS) is 11.7. The number of ketones is 1. The van der Waals surface area contributed by atoms with Crippen LogP contribution in [-0.4, -0.2) is 20.3 Å². The minimum absolute atomic E-state index is 0.236. The van der Waals surface area contributed by atoms with Crippen LogP contribution < -0.4 is 0 Å². The molecular formula is C26H16ClN3O3. The first kappa shape index (κ1) is 20.6. The molecule has 0 N–H and O–H groups in total. The van der Waals surface area contributed by atoms with Gasteiger partial charge in [0.15, 0.2) is 0 Å². The van der Waals surface area contributed by atoms with E-state index in [1.807, 2.05) is 48.5 Å². The first-order valence-electron chi connectivity index (χ1n) is 10.1. The van der Waals surface area contributed by atoms with E-state index >= 15 is 0 Å². The quantitative estimate of drug-likeness (QED) is 0.0983. The molecule has 1 heterocycles. The first-order chi connectivity index (χ1) is 16.0. The van der Waals surface area contributed by atoms with Crippen molar-refractivity contribution >= 4 is 56.5 Å². The molecule has 4 aromatic carbocycles. The number of benzene rings is 4. The number of allylic oxidation sites excluding steroid dienone is 1. The number of carbonyl (C=O) groups is 1. The number of nitro groups is 1. The standard InChI is InChI=1S/C26H16ClN3O3/c27-20-11-9-17(10-12-20)26(31)24(29-15-25(28-16-29)30(32)33)14-23-21-7-3-1-5-18(21)13-19-6-2-4-8-22(19)23/h1-16H/b24-14-. The van der Waals surface area contributed by atoms with Crippen LogP contribution in [0.3, 0.4) is 0 Å². The molecule has 1 aromatic heterocycles. The fraction of sp³-hybridized carbons (Fsp3) is 0. The van der Waals surface area contributed by atoms with Gasteiger partial charge < -0.3 is 10.1 Å². The third-order valence-corrected chi connectivity index (χ3v) is 5.72. The van der Waals surface area contributed by atoms with Gasteiger partial charge in [0, 0.05) is 10.6 Å². The second kappa shape index (κ2) is 8.33. The van der Waals surface area contributed by atoms with Crippen LogP contribution in [0.2, 0.25) is 5.02 Å². The maximum atomic E-state index is 13.6. The number of imidazole rings is 1. The number of Topliss-reactive ketones (excluding diaryl/α,β-unsaturated/α-hetero) is 1. The molecule has 5 rings (SSSR count). The summed E-state index contributed by atoms with van der Waals surface area (Å²) in [7, 11) is 0. The second-order valence-corrected chi connectivity index (χ2v) is 7.93. The number of hydrogen-bond donors (Lipinski definition) is 0.